The van der Waals surface area contributed by atoms with Crippen molar-refractivity contribution in [1.82, 2.24) is 4.90 Å². The maximum atomic E-state index is 11.8. The maximum Gasteiger partial charge on any atom is 0.306 e. The number of carbonyl (C=O) groups is 1. The predicted molar refractivity (Wildman–Crippen MR) is 145 cm³/mol. The zero-order valence-corrected chi connectivity index (χ0v) is 22.9. The molecule has 4 aliphatic rings. The van der Waals surface area contributed by atoms with Gasteiger partial charge in [0.2, 0.25) is 0 Å². The third kappa shape index (κ3) is 4.97. The number of benzene rings is 2. The van der Waals surface area contributed by atoms with Crippen LogP contribution in [0.2, 0.25) is 5.02 Å². The summed E-state index contributed by atoms with van der Waals surface area (Å²) in [6.07, 6.45) is 7.17. The Labute approximate surface area is 225 Å². The number of aryl methyl sites for hydroxylation is 1. The van der Waals surface area contributed by atoms with Crippen LogP contribution in [0.15, 0.2) is 30.3 Å². The van der Waals surface area contributed by atoms with Crippen molar-refractivity contribution in [2.75, 3.05) is 13.1 Å². The molecule has 198 valence electrons. The van der Waals surface area contributed by atoms with Crippen molar-refractivity contribution in [2.24, 2.45) is 11.8 Å². The van der Waals surface area contributed by atoms with Gasteiger partial charge in [-0.15, -0.1) is 0 Å². The quantitative estimate of drug-likeness (QED) is 0.460. The number of piperidine rings is 1. The lowest BCUT2D eigenvalue weighted by atomic mass is 9.80. The Balaban J connectivity index is 1.15. The fraction of sp³-hybridized carbons (Fsp3) is 0.581. The van der Waals surface area contributed by atoms with E-state index in [9.17, 15) is 9.90 Å². The second-order valence-corrected chi connectivity index (χ2v) is 12.9. The van der Waals surface area contributed by atoms with E-state index in [4.69, 9.17) is 21.1 Å². The van der Waals surface area contributed by atoms with Crippen LogP contribution in [0.4, 0.5) is 0 Å². The minimum atomic E-state index is -0.710. The smallest absolute Gasteiger partial charge is 0.306 e. The molecule has 0 bridgehead atoms. The molecule has 2 aromatic rings. The number of fused-ring (bicyclic) bond motifs is 2. The molecule has 3 aliphatic heterocycles. The van der Waals surface area contributed by atoms with Crippen LogP contribution in [0.3, 0.4) is 0 Å². The number of ether oxygens (including phenoxy) is 2. The molecule has 0 amide bonds. The van der Waals surface area contributed by atoms with E-state index < -0.39 is 5.97 Å². The maximum absolute atomic E-state index is 11.8. The van der Waals surface area contributed by atoms with Crippen molar-refractivity contribution in [1.29, 1.82) is 0 Å². The van der Waals surface area contributed by atoms with Crippen LogP contribution in [0, 0.1) is 11.8 Å². The monoisotopic (exact) mass is 523 g/mol. The predicted octanol–water partition coefficient (Wildman–Crippen LogP) is 6.63. The van der Waals surface area contributed by atoms with Crippen molar-refractivity contribution in [3.8, 4) is 11.5 Å². The van der Waals surface area contributed by atoms with E-state index in [0.717, 1.165) is 86.7 Å². The van der Waals surface area contributed by atoms with Gasteiger partial charge in [0.05, 0.1) is 5.92 Å². The molecule has 0 unspecified atom stereocenters. The third-order valence-corrected chi connectivity index (χ3v) is 9.29. The first-order chi connectivity index (χ1) is 17.6. The Bertz CT molecular complexity index is 1210. The van der Waals surface area contributed by atoms with E-state index in [2.05, 4.69) is 43.0 Å². The molecule has 0 aromatic heterocycles. The third-order valence-electron chi connectivity index (χ3n) is 9.07. The van der Waals surface area contributed by atoms with E-state index >= 15 is 0 Å². The van der Waals surface area contributed by atoms with Gasteiger partial charge >= 0.3 is 5.97 Å². The summed E-state index contributed by atoms with van der Waals surface area (Å²) in [5.74, 6) is 1.45. The lowest BCUT2D eigenvalue weighted by Crippen LogP contribution is -2.49. The average Bonchev–Trinajstić information content (AvgIpc) is 3.62. The number of aliphatic carboxylic acids is 1. The van der Waals surface area contributed by atoms with Crippen LogP contribution in [-0.2, 0) is 24.2 Å². The summed E-state index contributed by atoms with van der Waals surface area (Å²) in [7, 11) is 0. The number of halogens is 1. The van der Waals surface area contributed by atoms with E-state index in [0.29, 0.717) is 5.92 Å². The molecule has 1 saturated heterocycles. The molecule has 1 saturated carbocycles. The van der Waals surface area contributed by atoms with E-state index in [1.54, 1.807) is 0 Å². The summed E-state index contributed by atoms with van der Waals surface area (Å²) in [6.45, 7) is 8.90. The van der Waals surface area contributed by atoms with Crippen LogP contribution in [0.1, 0.15) is 81.0 Å². The van der Waals surface area contributed by atoms with Gasteiger partial charge < -0.3 is 14.6 Å². The fourth-order valence-electron chi connectivity index (χ4n) is 6.88. The van der Waals surface area contributed by atoms with Crippen LogP contribution in [-0.4, -0.2) is 40.3 Å². The van der Waals surface area contributed by atoms with Crippen molar-refractivity contribution < 1.29 is 19.4 Å². The highest BCUT2D eigenvalue weighted by molar-refractivity contribution is 6.30. The minimum absolute atomic E-state index is 0.0674. The lowest BCUT2D eigenvalue weighted by molar-refractivity contribution is -0.142. The highest BCUT2D eigenvalue weighted by Gasteiger charge is 2.42. The Morgan fingerprint density at radius 3 is 2.57 bits per heavy atom. The van der Waals surface area contributed by atoms with Crippen molar-refractivity contribution in [3.63, 3.8) is 0 Å². The molecular formula is C31H38ClNO4. The van der Waals surface area contributed by atoms with Gasteiger partial charge in [0.15, 0.2) is 0 Å². The van der Waals surface area contributed by atoms with Gasteiger partial charge in [-0.05, 0) is 99.1 Å². The highest BCUT2D eigenvalue weighted by Crippen LogP contribution is 2.49. The first-order valence-corrected chi connectivity index (χ1v) is 14.3. The van der Waals surface area contributed by atoms with Gasteiger partial charge in [-0.2, -0.15) is 0 Å². The summed E-state index contributed by atoms with van der Waals surface area (Å²) in [5.41, 5.74) is 4.46. The average molecular weight is 524 g/mol. The zero-order valence-electron chi connectivity index (χ0n) is 22.2. The number of carboxylic acids is 1. The van der Waals surface area contributed by atoms with Crippen LogP contribution < -0.4 is 9.47 Å². The molecule has 2 aromatic carbocycles. The standard InChI is InChI=1S/C31H38ClNO4/c1-19(29(34)35)27(21-5-6-21)22-7-4-20-8-9-31(36-26(20)16-22)10-12-33(13-11-31)18-24-15-25(32)14-23-17-30(2,3)37-28(23)24/h4,7,14-16,19,21,27H,5-6,8-13,17-18H2,1-3H3,(H,34,35)/t19-,27-/m0/s1. The molecule has 1 aliphatic carbocycles. The molecule has 2 fully saturated rings. The van der Waals surface area contributed by atoms with Crippen LogP contribution in [0.25, 0.3) is 0 Å². The summed E-state index contributed by atoms with van der Waals surface area (Å²) in [4.78, 5) is 14.3. The van der Waals surface area contributed by atoms with Gasteiger partial charge in [-0.3, -0.25) is 9.69 Å². The summed E-state index contributed by atoms with van der Waals surface area (Å²) in [5, 5.41) is 10.5. The van der Waals surface area contributed by atoms with Crippen LogP contribution in [0.5, 0.6) is 11.5 Å². The SMILES string of the molecule is C[C@H](C(=O)O)[C@H](c1ccc2c(c1)OC1(CC2)CCN(Cc2cc(Cl)cc3c2OC(C)(C)C3)CC1)C1CC1. The largest absolute Gasteiger partial charge is 0.487 e. The number of rotatable bonds is 6. The number of nitrogens with zero attached hydrogens (tertiary/aromatic N) is 1. The fourth-order valence-corrected chi connectivity index (χ4v) is 7.14. The second kappa shape index (κ2) is 9.20. The molecule has 37 heavy (non-hydrogen) atoms. The molecule has 3 heterocycles. The van der Waals surface area contributed by atoms with Gasteiger partial charge in [-0.1, -0.05) is 30.7 Å². The van der Waals surface area contributed by atoms with Gasteiger partial charge in [-0.25, -0.2) is 0 Å². The van der Waals surface area contributed by atoms with Gasteiger partial charge in [0, 0.05) is 36.6 Å². The molecule has 1 N–H and O–H groups in total. The van der Waals surface area contributed by atoms with Crippen molar-refractivity contribution in [2.45, 2.75) is 89.4 Å². The molecule has 2 atom stereocenters. The minimum Gasteiger partial charge on any atom is -0.487 e. The van der Waals surface area contributed by atoms with E-state index in [1.807, 2.05) is 13.0 Å². The van der Waals surface area contributed by atoms with E-state index in [1.165, 1.54) is 16.7 Å². The second-order valence-electron chi connectivity index (χ2n) is 12.5. The Hall–Kier alpha value is -2.24. The van der Waals surface area contributed by atoms with Gasteiger partial charge in [0.25, 0.3) is 0 Å². The molecule has 6 rings (SSSR count). The first-order valence-electron chi connectivity index (χ1n) is 13.9. The zero-order chi connectivity index (χ0) is 25.9. The molecule has 0 radical (unpaired) electrons. The first kappa shape index (κ1) is 25.1. The molecule has 1 spiro atoms. The normalized spacial score (nSPS) is 23.5. The summed E-state index contributed by atoms with van der Waals surface area (Å²) < 4.78 is 13.1. The lowest BCUT2D eigenvalue weighted by Gasteiger charge is -2.45. The van der Waals surface area contributed by atoms with E-state index in [-0.39, 0.29) is 23.0 Å². The molecular weight excluding hydrogens is 486 g/mol. The number of hydrogen-bond acceptors (Lipinski definition) is 4. The molecule has 6 heteroatoms. The number of carboxylic acid groups (broad SMARTS) is 1. The van der Waals surface area contributed by atoms with Crippen molar-refractivity contribution in [3.05, 3.63) is 57.6 Å². The molecule has 5 nitrogen and oxygen atoms in total. The topological polar surface area (TPSA) is 59.0 Å². The number of hydrogen-bond donors (Lipinski definition) is 1. The van der Waals surface area contributed by atoms with Gasteiger partial charge in [0.1, 0.15) is 22.7 Å². The summed E-state index contributed by atoms with van der Waals surface area (Å²) >= 11 is 6.47. The Morgan fingerprint density at radius 1 is 1.11 bits per heavy atom. The Kier molecular flexibility index (Phi) is 6.23. The van der Waals surface area contributed by atoms with Crippen molar-refractivity contribution >= 4 is 17.6 Å². The Morgan fingerprint density at radius 2 is 1.86 bits per heavy atom. The number of likely N-dealkylation sites (tertiary alicyclic amines) is 1. The van der Waals surface area contributed by atoms with Crippen LogP contribution >= 0.6 is 11.6 Å². The summed E-state index contributed by atoms with van der Waals surface area (Å²) in [6, 6.07) is 10.6. The highest BCUT2D eigenvalue weighted by atomic mass is 35.5.